The van der Waals surface area contributed by atoms with Crippen molar-refractivity contribution < 1.29 is 18.7 Å². The summed E-state index contributed by atoms with van der Waals surface area (Å²) >= 11 is 7.11. The third kappa shape index (κ3) is 4.42. The lowest BCUT2D eigenvalue weighted by Crippen LogP contribution is -2.32. The smallest absolute Gasteiger partial charge is 0.283 e. The summed E-state index contributed by atoms with van der Waals surface area (Å²) in [5, 5.41) is 3.62. The molecule has 0 spiro atoms. The second-order valence-electron chi connectivity index (χ2n) is 6.54. The van der Waals surface area contributed by atoms with Crippen molar-refractivity contribution in [1.29, 1.82) is 0 Å². The second kappa shape index (κ2) is 8.83. The number of methoxy groups -OCH3 is 1. The number of carbonyl (C=O) groups is 2. The van der Waals surface area contributed by atoms with E-state index >= 15 is 0 Å². The number of ether oxygens (including phenoxy) is 1. The van der Waals surface area contributed by atoms with Crippen molar-refractivity contribution in [1.82, 2.24) is 0 Å². The standard InChI is InChI=1S/C23H16ClFN2O3S/c1-30-18-4-2-3-16(13-18)26-20-21(31-19-11-5-14(24)6-12-19)23(29)27(22(20)28)17-9-7-15(25)8-10-17/h2-13,26H,1H3. The summed E-state index contributed by atoms with van der Waals surface area (Å²) in [6.45, 7) is 0. The number of hydrogen-bond acceptors (Lipinski definition) is 5. The predicted octanol–water partition coefficient (Wildman–Crippen LogP) is 5.48. The van der Waals surface area contributed by atoms with Crippen LogP contribution in [0, 0.1) is 5.82 Å². The number of thioether (sulfide) groups is 1. The highest BCUT2D eigenvalue weighted by atomic mass is 35.5. The minimum atomic E-state index is -0.532. The molecule has 2 amide bonds. The van der Waals surface area contributed by atoms with E-state index in [4.69, 9.17) is 16.3 Å². The van der Waals surface area contributed by atoms with Crippen LogP contribution in [0.5, 0.6) is 5.75 Å². The van der Waals surface area contributed by atoms with Crippen LogP contribution in [0.1, 0.15) is 0 Å². The van der Waals surface area contributed by atoms with Gasteiger partial charge in [-0.05, 0) is 60.7 Å². The Kier molecular flexibility index (Phi) is 5.97. The van der Waals surface area contributed by atoms with Crippen molar-refractivity contribution in [2.45, 2.75) is 4.90 Å². The monoisotopic (exact) mass is 454 g/mol. The van der Waals surface area contributed by atoms with Crippen LogP contribution in [0.25, 0.3) is 0 Å². The highest BCUT2D eigenvalue weighted by Gasteiger charge is 2.40. The van der Waals surface area contributed by atoms with Gasteiger partial charge >= 0.3 is 0 Å². The summed E-state index contributed by atoms with van der Waals surface area (Å²) in [5.74, 6) is -0.885. The number of imide groups is 1. The lowest BCUT2D eigenvalue weighted by atomic mass is 10.2. The number of anilines is 2. The molecule has 1 aliphatic rings. The molecule has 1 N–H and O–H groups in total. The second-order valence-corrected chi connectivity index (χ2v) is 8.06. The molecule has 0 radical (unpaired) electrons. The number of rotatable bonds is 6. The van der Waals surface area contributed by atoms with Crippen LogP contribution in [0.2, 0.25) is 5.02 Å². The summed E-state index contributed by atoms with van der Waals surface area (Å²) in [5.41, 5.74) is 1.00. The maximum absolute atomic E-state index is 13.4. The van der Waals surface area contributed by atoms with Crippen LogP contribution >= 0.6 is 23.4 Å². The van der Waals surface area contributed by atoms with E-state index < -0.39 is 17.6 Å². The molecule has 0 saturated carbocycles. The first-order valence-corrected chi connectivity index (χ1v) is 10.4. The van der Waals surface area contributed by atoms with E-state index in [9.17, 15) is 14.0 Å². The first kappa shape index (κ1) is 21.0. The fraction of sp³-hybridized carbons (Fsp3) is 0.0435. The summed E-state index contributed by atoms with van der Waals surface area (Å²) in [4.78, 5) is 28.5. The van der Waals surface area contributed by atoms with Gasteiger partial charge in [0.05, 0.1) is 12.8 Å². The highest BCUT2D eigenvalue weighted by Crippen LogP contribution is 2.38. The average Bonchev–Trinajstić information content (AvgIpc) is 3.00. The SMILES string of the molecule is COc1cccc(NC2=C(Sc3ccc(Cl)cc3)C(=O)N(c3ccc(F)cc3)C2=O)c1. The molecule has 0 aromatic heterocycles. The van der Waals surface area contributed by atoms with E-state index in [0.29, 0.717) is 16.5 Å². The maximum Gasteiger partial charge on any atom is 0.283 e. The molecule has 1 aliphatic heterocycles. The third-order valence-corrected chi connectivity index (χ3v) is 5.84. The number of amides is 2. The van der Waals surface area contributed by atoms with Crippen LogP contribution < -0.4 is 15.0 Å². The molecular formula is C23H16ClFN2O3S. The zero-order valence-corrected chi connectivity index (χ0v) is 17.8. The molecule has 0 aliphatic carbocycles. The zero-order valence-electron chi connectivity index (χ0n) is 16.3. The Morgan fingerprint density at radius 2 is 1.68 bits per heavy atom. The van der Waals surface area contributed by atoms with Crippen LogP contribution in [-0.2, 0) is 9.59 Å². The Bertz CT molecular complexity index is 1180. The van der Waals surface area contributed by atoms with Crippen LogP contribution in [-0.4, -0.2) is 18.9 Å². The van der Waals surface area contributed by atoms with E-state index in [0.717, 1.165) is 21.6 Å². The van der Waals surface area contributed by atoms with Gasteiger partial charge in [-0.15, -0.1) is 0 Å². The van der Waals surface area contributed by atoms with Crippen LogP contribution in [0.15, 0.2) is 88.3 Å². The molecule has 0 fully saturated rings. The van der Waals surface area contributed by atoms with E-state index in [-0.39, 0.29) is 16.3 Å². The molecule has 31 heavy (non-hydrogen) atoms. The van der Waals surface area contributed by atoms with Crippen molar-refractivity contribution in [3.63, 3.8) is 0 Å². The molecule has 1 heterocycles. The number of halogens is 2. The lowest BCUT2D eigenvalue weighted by molar-refractivity contribution is -0.120. The molecule has 156 valence electrons. The highest BCUT2D eigenvalue weighted by molar-refractivity contribution is 8.04. The van der Waals surface area contributed by atoms with Gasteiger partial charge in [-0.25, -0.2) is 9.29 Å². The molecule has 8 heteroatoms. The Morgan fingerprint density at radius 1 is 0.968 bits per heavy atom. The van der Waals surface area contributed by atoms with Gasteiger partial charge in [-0.2, -0.15) is 0 Å². The van der Waals surface area contributed by atoms with Gasteiger partial charge < -0.3 is 10.1 Å². The van der Waals surface area contributed by atoms with Gasteiger partial charge in [0, 0.05) is 21.7 Å². The summed E-state index contributed by atoms with van der Waals surface area (Å²) < 4.78 is 18.6. The number of benzene rings is 3. The minimum Gasteiger partial charge on any atom is -0.497 e. The van der Waals surface area contributed by atoms with Gasteiger partial charge in [0.15, 0.2) is 0 Å². The van der Waals surface area contributed by atoms with Gasteiger partial charge in [0.2, 0.25) is 0 Å². The Labute approximate surface area is 187 Å². The van der Waals surface area contributed by atoms with Gasteiger partial charge in [0.25, 0.3) is 11.8 Å². The topological polar surface area (TPSA) is 58.6 Å². The molecule has 0 saturated heterocycles. The Balaban J connectivity index is 1.74. The minimum absolute atomic E-state index is 0.127. The van der Waals surface area contributed by atoms with E-state index in [1.807, 2.05) is 0 Å². The van der Waals surface area contributed by atoms with Crippen LogP contribution in [0.3, 0.4) is 0 Å². The van der Waals surface area contributed by atoms with Crippen molar-refractivity contribution in [3.05, 3.63) is 94.2 Å². The normalized spacial score (nSPS) is 13.7. The van der Waals surface area contributed by atoms with Crippen LogP contribution in [0.4, 0.5) is 15.8 Å². The first-order valence-electron chi connectivity index (χ1n) is 9.19. The Hall–Kier alpha value is -3.29. The fourth-order valence-corrected chi connectivity index (χ4v) is 4.06. The molecule has 5 nitrogen and oxygen atoms in total. The molecular weight excluding hydrogens is 439 g/mol. The number of hydrogen-bond donors (Lipinski definition) is 1. The van der Waals surface area contributed by atoms with Gasteiger partial charge in [-0.3, -0.25) is 9.59 Å². The van der Waals surface area contributed by atoms with E-state index in [2.05, 4.69) is 5.32 Å². The number of nitrogens with one attached hydrogen (secondary N) is 1. The molecule has 3 aromatic carbocycles. The van der Waals surface area contributed by atoms with Gasteiger partial charge in [0.1, 0.15) is 22.2 Å². The predicted molar refractivity (Wildman–Crippen MR) is 120 cm³/mol. The zero-order chi connectivity index (χ0) is 22.0. The molecule has 0 atom stereocenters. The van der Waals surface area contributed by atoms with Gasteiger partial charge in [-0.1, -0.05) is 29.4 Å². The summed E-state index contributed by atoms with van der Waals surface area (Å²) in [6.07, 6.45) is 0. The quantitative estimate of drug-likeness (QED) is 0.500. The first-order chi connectivity index (χ1) is 15.0. The van der Waals surface area contributed by atoms with Crippen molar-refractivity contribution in [2.24, 2.45) is 0 Å². The summed E-state index contributed by atoms with van der Waals surface area (Å²) in [7, 11) is 1.54. The lowest BCUT2D eigenvalue weighted by Gasteiger charge is -2.15. The van der Waals surface area contributed by atoms with Crippen molar-refractivity contribution in [3.8, 4) is 5.75 Å². The molecule has 0 unspecified atom stereocenters. The third-order valence-electron chi connectivity index (χ3n) is 4.50. The fourth-order valence-electron chi connectivity index (χ4n) is 3.00. The molecule has 0 bridgehead atoms. The largest absolute Gasteiger partial charge is 0.497 e. The number of carbonyl (C=O) groups excluding carboxylic acids is 2. The van der Waals surface area contributed by atoms with E-state index in [1.54, 1.807) is 55.6 Å². The van der Waals surface area contributed by atoms with Crippen molar-refractivity contribution >= 4 is 46.6 Å². The van der Waals surface area contributed by atoms with Crippen molar-refractivity contribution in [2.75, 3.05) is 17.3 Å². The average molecular weight is 455 g/mol. The maximum atomic E-state index is 13.4. The number of nitrogens with zero attached hydrogens (tertiary/aromatic N) is 1. The Morgan fingerprint density at radius 3 is 2.35 bits per heavy atom. The van der Waals surface area contributed by atoms with E-state index in [1.165, 1.54) is 24.3 Å². The molecule has 4 rings (SSSR count). The molecule has 3 aromatic rings. The summed E-state index contributed by atoms with van der Waals surface area (Å²) in [6, 6.07) is 19.2.